The molecule has 5 heteroatoms. The van der Waals surface area contributed by atoms with Gasteiger partial charge in [0.25, 0.3) is 0 Å². The molecule has 0 aromatic heterocycles. The summed E-state index contributed by atoms with van der Waals surface area (Å²) in [4.78, 5) is 0. The van der Waals surface area contributed by atoms with Crippen LogP contribution in [0.25, 0.3) is 5.57 Å². The maximum atomic E-state index is 5.72. The molecule has 0 fully saturated rings. The Balaban J connectivity index is 1.45. The molecule has 1 aromatic rings. The molecule has 2 aliphatic carbocycles. The smallest absolute Gasteiger partial charge is 0.0701 e. The van der Waals surface area contributed by atoms with Crippen molar-refractivity contribution in [3.8, 4) is 0 Å². The van der Waals surface area contributed by atoms with Gasteiger partial charge < -0.3 is 14.2 Å². The summed E-state index contributed by atoms with van der Waals surface area (Å²) in [6, 6.07) is 6.59. The summed E-state index contributed by atoms with van der Waals surface area (Å²) in [5.74, 6) is 0. The molecular weight excluding hydrogens is 448 g/mol. The molecule has 3 rings (SSSR count). The van der Waals surface area contributed by atoms with E-state index in [4.69, 9.17) is 14.2 Å². The van der Waals surface area contributed by atoms with Gasteiger partial charge in [0.05, 0.1) is 26.4 Å². The fraction of sp³-hybridized carbons (Fsp3) is 0.500. The predicted octanol–water partition coefficient (Wildman–Crippen LogP) is 4.92. The van der Waals surface area contributed by atoms with Gasteiger partial charge in [0.2, 0.25) is 0 Å². The molecule has 136 valence electrons. The molecule has 0 bridgehead atoms. The molecule has 0 radical (unpaired) electrons. The van der Waals surface area contributed by atoms with E-state index in [1.165, 1.54) is 22.3 Å². The molecule has 0 saturated heterocycles. The Morgan fingerprint density at radius 3 is 2.64 bits per heavy atom. The van der Waals surface area contributed by atoms with Gasteiger partial charge in [-0.15, -0.1) is 0 Å². The Morgan fingerprint density at radius 1 is 1.08 bits per heavy atom. The zero-order chi connectivity index (χ0) is 17.7. The largest absolute Gasteiger partial charge is 0.382 e. The lowest BCUT2D eigenvalue weighted by atomic mass is 9.88. The number of hydrogen-bond acceptors (Lipinski definition) is 3. The topological polar surface area (TPSA) is 27.7 Å². The Kier molecular flexibility index (Phi) is 6.92. The van der Waals surface area contributed by atoms with E-state index in [-0.39, 0.29) is 4.32 Å². The summed E-state index contributed by atoms with van der Waals surface area (Å²) >= 11 is 7.51. The zero-order valence-electron chi connectivity index (χ0n) is 14.5. The van der Waals surface area contributed by atoms with E-state index in [1.807, 2.05) is 0 Å². The van der Waals surface area contributed by atoms with Crippen molar-refractivity contribution in [2.75, 3.05) is 40.1 Å². The van der Waals surface area contributed by atoms with Gasteiger partial charge in [-0.3, -0.25) is 0 Å². The van der Waals surface area contributed by atoms with Crippen molar-refractivity contribution >= 4 is 37.4 Å². The first-order valence-corrected chi connectivity index (χ1v) is 10.2. The van der Waals surface area contributed by atoms with Gasteiger partial charge in [-0.2, -0.15) is 0 Å². The second-order valence-corrected chi connectivity index (χ2v) is 9.00. The summed E-state index contributed by atoms with van der Waals surface area (Å²) in [5, 5.41) is 0. The summed E-state index contributed by atoms with van der Waals surface area (Å²) in [6.45, 7) is 3.23. The first-order chi connectivity index (χ1) is 12.1. The van der Waals surface area contributed by atoms with Gasteiger partial charge >= 0.3 is 0 Å². The molecule has 25 heavy (non-hydrogen) atoms. The van der Waals surface area contributed by atoms with Gasteiger partial charge in [-0.25, -0.2) is 0 Å². The van der Waals surface area contributed by atoms with E-state index < -0.39 is 0 Å². The third-order valence-electron chi connectivity index (χ3n) is 4.66. The van der Waals surface area contributed by atoms with E-state index in [0.717, 1.165) is 30.3 Å². The van der Waals surface area contributed by atoms with Crippen molar-refractivity contribution in [1.29, 1.82) is 0 Å². The molecule has 2 aliphatic rings. The third-order valence-corrected chi connectivity index (χ3v) is 6.10. The number of ether oxygens (including phenoxy) is 3. The average Bonchev–Trinajstić information content (AvgIpc) is 2.93. The maximum absolute atomic E-state index is 5.72. The highest BCUT2D eigenvalue weighted by molar-refractivity contribution is 9.10. The van der Waals surface area contributed by atoms with Crippen molar-refractivity contribution in [2.24, 2.45) is 0 Å². The molecule has 0 spiro atoms. The van der Waals surface area contributed by atoms with Crippen LogP contribution in [0.2, 0.25) is 0 Å². The SMILES string of the molecule is COCCOCCOCCC1(Br)C=CC2=C(Cc3cc(Br)ccc32)C1. The van der Waals surface area contributed by atoms with Crippen LogP contribution in [-0.4, -0.2) is 44.5 Å². The Labute approximate surface area is 166 Å². The number of benzene rings is 1. The minimum Gasteiger partial charge on any atom is -0.382 e. The quantitative estimate of drug-likeness (QED) is 0.377. The lowest BCUT2D eigenvalue weighted by molar-refractivity contribution is 0.0235. The Hall–Kier alpha value is -0.460. The molecular formula is C20H24Br2O3. The number of hydrogen-bond donors (Lipinski definition) is 0. The number of fused-ring (bicyclic) bond motifs is 2. The van der Waals surface area contributed by atoms with Gasteiger partial charge in [-0.1, -0.05) is 55.7 Å². The first kappa shape index (κ1) is 19.3. The standard InChI is InChI=1S/C20H24Br2O3/c1-23-8-9-25-11-10-24-7-6-20(22)5-4-19-16(14-20)12-15-13-17(21)2-3-18(15)19/h2-5,13H,6-12,14H2,1H3. The molecule has 0 amide bonds. The number of allylic oxidation sites excluding steroid dienone is 4. The van der Waals surface area contributed by atoms with Gasteiger partial charge in [0.1, 0.15) is 0 Å². The van der Waals surface area contributed by atoms with Crippen LogP contribution in [0.1, 0.15) is 24.0 Å². The molecule has 1 aromatic carbocycles. The fourth-order valence-electron chi connectivity index (χ4n) is 3.38. The van der Waals surface area contributed by atoms with Crippen LogP contribution in [-0.2, 0) is 20.6 Å². The Morgan fingerprint density at radius 2 is 1.84 bits per heavy atom. The number of alkyl halides is 1. The number of rotatable bonds is 9. The van der Waals surface area contributed by atoms with E-state index in [9.17, 15) is 0 Å². The molecule has 0 aliphatic heterocycles. The average molecular weight is 472 g/mol. The minimum absolute atomic E-state index is 0.00200. The van der Waals surface area contributed by atoms with Crippen LogP contribution in [0.4, 0.5) is 0 Å². The predicted molar refractivity (Wildman–Crippen MR) is 108 cm³/mol. The molecule has 0 heterocycles. The van der Waals surface area contributed by atoms with E-state index in [0.29, 0.717) is 26.4 Å². The zero-order valence-corrected chi connectivity index (χ0v) is 17.7. The van der Waals surface area contributed by atoms with Crippen molar-refractivity contribution in [3.63, 3.8) is 0 Å². The number of methoxy groups -OCH3 is 1. The lowest BCUT2D eigenvalue weighted by Gasteiger charge is -2.28. The molecule has 0 N–H and O–H groups in total. The maximum Gasteiger partial charge on any atom is 0.0701 e. The van der Waals surface area contributed by atoms with Crippen LogP contribution >= 0.6 is 31.9 Å². The second kappa shape index (κ2) is 8.96. The minimum atomic E-state index is 0.00200. The second-order valence-electron chi connectivity index (χ2n) is 6.51. The van der Waals surface area contributed by atoms with Gasteiger partial charge in [0.15, 0.2) is 0 Å². The van der Waals surface area contributed by atoms with Crippen LogP contribution in [0.3, 0.4) is 0 Å². The fourth-order valence-corrected chi connectivity index (χ4v) is 4.42. The molecule has 1 atom stereocenters. The normalized spacial score (nSPS) is 21.6. The lowest BCUT2D eigenvalue weighted by Crippen LogP contribution is -2.24. The van der Waals surface area contributed by atoms with E-state index in [1.54, 1.807) is 7.11 Å². The summed E-state index contributed by atoms with van der Waals surface area (Å²) in [5.41, 5.74) is 5.74. The highest BCUT2D eigenvalue weighted by atomic mass is 79.9. The monoisotopic (exact) mass is 470 g/mol. The van der Waals surface area contributed by atoms with Crippen LogP contribution < -0.4 is 0 Å². The van der Waals surface area contributed by atoms with Crippen molar-refractivity contribution < 1.29 is 14.2 Å². The first-order valence-electron chi connectivity index (χ1n) is 8.65. The van der Waals surface area contributed by atoms with Crippen LogP contribution in [0.15, 0.2) is 40.4 Å². The van der Waals surface area contributed by atoms with Crippen molar-refractivity contribution in [3.05, 3.63) is 51.5 Å². The van der Waals surface area contributed by atoms with E-state index >= 15 is 0 Å². The van der Waals surface area contributed by atoms with Crippen molar-refractivity contribution in [1.82, 2.24) is 0 Å². The van der Waals surface area contributed by atoms with Gasteiger partial charge in [-0.05, 0) is 48.1 Å². The van der Waals surface area contributed by atoms with E-state index in [2.05, 4.69) is 62.2 Å². The summed E-state index contributed by atoms with van der Waals surface area (Å²) < 4.78 is 17.2. The van der Waals surface area contributed by atoms with Gasteiger partial charge in [0, 0.05) is 22.5 Å². The highest BCUT2D eigenvalue weighted by Gasteiger charge is 2.32. The molecule has 3 nitrogen and oxygen atoms in total. The Bertz CT molecular complexity index is 669. The molecule has 1 unspecified atom stereocenters. The molecule has 0 saturated carbocycles. The summed E-state index contributed by atoms with van der Waals surface area (Å²) in [7, 11) is 1.68. The van der Waals surface area contributed by atoms with Crippen molar-refractivity contribution in [2.45, 2.75) is 23.6 Å². The van der Waals surface area contributed by atoms with Crippen LogP contribution in [0, 0.1) is 0 Å². The third kappa shape index (κ3) is 5.04. The summed E-state index contributed by atoms with van der Waals surface area (Å²) in [6.07, 6.45) is 7.62. The van der Waals surface area contributed by atoms with Crippen LogP contribution in [0.5, 0.6) is 0 Å². The highest BCUT2D eigenvalue weighted by Crippen LogP contribution is 2.45. The number of halogens is 2.